The van der Waals surface area contributed by atoms with Gasteiger partial charge in [0.15, 0.2) is 5.82 Å². The second-order valence-electron chi connectivity index (χ2n) is 3.78. The average molecular weight is 279 g/mol. The number of anilines is 2. The van der Waals surface area contributed by atoms with Crippen molar-refractivity contribution in [2.45, 2.75) is 13.0 Å². The van der Waals surface area contributed by atoms with E-state index in [1.54, 1.807) is 14.0 Å². The van der Waals surface area contributed by atoms with Gasteiger partial charge in [0, 0.05) is 19.3 Å². The summed E-state index contributed by atoms with van der Waals surface area (Å²) in [7, 11) is -1.35. The Bertz CT molecular complexity index is 492. The Morgan fingerprint density at radius 1 is 1.53 bits per heavy atom. The van der Waals surface area contributed by atoms with E-state index in [1.807, 2.05) is 0 Å². The lowest BCUT2D eigenvalue weighted by Crippen LogP contribution is -2.25. The lowest BCUT2D eigenvalue weighted by molar-refractivity contribution is 0.598. The van der Waals surface area contributed by atoms with E-state index in [0.717, 1.165) is 0 Å². The van der Waals surface area contributed by atoms with Gasteiger partial charge in [0.25, 0.3) is 0 Å². The second kappa shape index (κ2) is 5.50. The molecular weight excluding hydrogens is 264 g/mol. The van der Waals surface area contributed by atoms with Gasteiger partial charge in [-0.1, -0.05) is 11.6 Å². The van der Waals surface area contributed by atoms with Crippen molar-refractivity contribution in [2.24, 2.45) is 0 Å². The minimum atomic E-state index is -3.04. The van der Waals surface area contributed by atoms with E-state index in [-0.39, 0.29) is 11.8 Å². The zero-order valence-corrected chi connectivity index (χ0v) is 11.4. The Morgan fingerprint density at radius 3 is 2.71 bits per heavy atom. The molecule has 1 atom stereocenters. The first-order chi connectivity index (χ1) is 7.81. The van der Waals surface area contributed by atoms with Crippen molar-refractivity contribution in [3.63, 3.8) is 0 Å². The standard InChI is InChI=1S/C9H15ClN4O2S/c1-6(5-17(3,15)16)13-8-7(10)4-12-9(11-2)14-8/h4,6H,5H2,1-3H3,(H2,11,12,13,14). The summed E-state index contributed by atoms with van der Waals surface area (Å²) in [6.07, 6.45) is 2.64. The van der Waals surface area contributed by atoms with Crippen LogP contribution in [0.4, 0.5) is 11.8 Å². The SMILES string of the molecule is CNc1ncc(Cl)c(NC(C)CS(C)(=O)=O)n1. The van der Waals surface area contributed by atoms with E-state index in [2.05, 4.69) is 20.6 Å². The monoisotopic (exact) mass is 278 g/mol. The minimum Gasteiger partial charge on any atom is -0.365 e. The molecule has 1 aromatic rings. The normalized spacial score (nSPS) is 13.2. The average Bonchev–Trinajstić information content (AvgIpc) is 2.18. The molecule has 0 fully saturated rings. The smallest absolute Gasteiger partial charge is 0.224 e. The number of rotatable bonds is 5. The summed E-state index contributed by atoms with van der Waals surface area (Å²) in [5.41, 5.74) is 0. The van der Waals surface area contributed by atoms with Gasteiger partial charge in [0.2, 0.25) is 5.95 Å². The van der Waals surface area contributed by atoms with E-state index < -0.39 is 9.84 Å². The maximum absolute atomic E-state index is 11.1. The zero-order valence-electron chi connectivity index (χ0n) is 9.86. The van der Waals surface area contributed by atoms with E-state index in [0.29, 0.717) is 16.8 Å². The predicted octanol–water partition coefficient (Wildman–Crippen LogP) is 1.02. The first-order valence-corrected chi connectivity index (χ1v) is 7.40. The van der Waals surface area contributed by atoms with Gasteiger partial charge in [0.1, 0.15) is 14.9 Å². The van der Waals surface area contributed by atoms with Gasteiger partial charge in [-0.25, -0.2) is 13.4 Å². The molecule has 0 aliphatic heterocycles. The summed E-state index contributed by atoms with van der Waals surface area (Å²) in [6.45, 7) is 1.75. The molecule has 8 heteroatoms. The number of nitrogens with zero attached hydrogens (tertiary/aromatic N) is 2. The molecule has 2 N–H and O–H groups in total. The van der Waals surface area contributed by atoms with E-state index in [1.165, 1.54) is 12.5 Å². The summed E-state index contributed by atoms with van der Waals surface area (Å²) in [4.78, 5) is 8.03. The summed E-state index contributed by atoms with van der Waals surface area (Å²) >= 11 is 5.90. The Morgan fingerprint density at radius 2 is 2.18 bits per heavy atom. The maximum Gasteiger partial charge on any atom is 0.224 e. The van der Waals surface area contributed by atoms with Crippen LogP contribution in [-0.4, -0.2) is 43.5 Å². The van der Waals surface area contributed by atoms with Crippen LogP contribution in [0.5, 0.6) is 0 Å². The van der Waals surface area contributed by atoms with E-state index in [9.17, 15) is 8.42 Å². The molecule has 0 aliphatic carbocycles. The van der Waals surface area contributed by atoms with Gasteiger partial charge in [-0.3, -0.25) is 0 Å². The summed E-state index contributed by atoms with van der Waals surface area (Å²) in [6, 6.07) is -0.276. The highest BCUT2D eigenvalue weighted by Gasteiger charge is 2.13. The molecule has 0 amide bonds. The van der Waals surface area contributed by atoms with Crippen LogP contribution in [0.2, 0.25) is 5.02 Å². The van der Waals surface area contributed by atoms with E-state index in [4.69, 9.17) is 11.6 Å². The molecular formula is C9H15ClN4O2S. The molecule has 0 bridgehead atoms. The Hall–Kier alpha value is -1.08. The highest BCUT2D eigenvalue weighted by atomic mass is 35.5. The number of halogens is 1. The molecule has 1 heterocycles. The van der Waals surface area contributed by atoms with Crippen LogP contribution >= 0.6 is 11.6 Å². The van der Waals surface area contributed by atoms with Crippen LogP contribution in [0, 0.1) is 0 Å². The van der Waals surface area contributed by atoms with E-state index >= 15 is 0 Å². The summed E-state index contributed by atoms with van der Waals surface area (Å²) < 4.78 is 22.2. The first-order valence-electron chi connectivity index (χ1n) is 4.96. The van der Waals surface area contributed by atoms with Crippen molar-refractivity contribution < 1.29 is 8.42 Å². The number of nitrogens with one attached hydrogen (secondary N) is 2. The topological polar surface area (TPSA) is 84.0 Å². The van der Waals surface area contributed by atoms with Gasteiger partial charge < -0.3 is 10.6 Å². The zero-order chi connectivity index (χ0) is 13.1. The second-order valence-corrected chi connectivity index (χ2v) is 6.37. The molecule has 96 valence electrons. The van der Waals surface area contributed by atoms with Crippen LogP contribution in [0.1, 0.15) is 6.92 Å². The van der Waals surface area contributed by atoms with Crippen LogP contribution in [0.15, 0.2) is 6.20 Å². The highest BCUT2D eigenvalue weighted by Crippen LogP contribution is 2.20. The van der Waals surface area contributed by atoms with Crippen molar-refractivity contribution in [3.8, 4) is 0 Å². The van der Waals surface area contributed by atoms with Gasteiger partial charge in [0.05, 0.1) is 11.9 Å². The van der Waals surface area contributed by atoms with Crippen molar-refractivity contribution in [2.75, 3.05) is 29.7 Å². The summed E-state index contributed by atoms with van der Waals surface area (Å²) in [5, 5.41) is 6.07. The molecule has 0 saturated heterocycles. The van der Waals surface area contributed by atoms with Crippen LogP contribution in [0.3, 0.4) is 0 Å². The molecule has 0 aliphatic rings. The van der Waals surface area contributed by atoms with Gasteiger partial charge >= 0.3 is 0 Å². The highest BCUT2D eigenvalue weighted by molar-refractivity contribution is 7.90. The number of hydrogen-bond donors (Lipinski definition) is 2. The molecule has 0 aromatic carbocycles. The quantitative estimate of drug-likeness (QED) is 0.836. The lowest BCUT2D eigenvalue weighted by Gasteiger charge is -2.14. The molecule has 17 heavy (non-hydrogen) atoms. The van der Waals surface area contributed by atoms with Crippen molar-refractivity contribution in [3.05, 3.63) is 11.2 Å². The molecule has 1 aromatic heterocycles. The molecule has 0 saturated carbocycles. The fourth-order valence-corrected chi connectivity index (χ4v) is 2.46. The molecule has 0 spiro atoms. The third-order valence-electron chi connectivity index (χ3n) is 1.90. The number of aromatic nitrogens is 2. The fraction of sp³-hybridized carbons (Fsp3) is 0.556. The molecule has 1 rings (SSSR count). The summed E-state index contributed by atoms with van der Waals surface area (Å²) in [5.74, 6) is 0.855. The number of hydrogen-bond acceptors (Lipinski definition) is 6. The largest absolute Gasteiger partial charge is 0.365 e. The van der Waals surface area contributed by atoms with Gasteiger partial charge in [-0.15, -0.1) is 0 Å². The van der Waals surface area contributed by atoms with Crippen molar-refractivity contribution in [1.29, 1.82) is 0 Å². The maximum atomic E-state index is 11.1. The fourth-order valence-electron chi connectivity index (χ4n) is 1.32. The van der Waals surface area contributed by atoms with Crippen molar-refractivity contribution >= 4 is 33.2 Å². The third-order valence-corrected chi connectivity index (χ3v) is 3.29. The van der Waals surface area contributed by atoms with Crippen LogP contribution < -0.4 is 10.6 Å². The van der Waals surface area contributed by atoms with Gasteiger partial charge in [-0.05, 0) is 6.92 Å². The molecule has 1 unspecified atom stereocenters. The number of sulfone groups is 1. The lowest BCUT2D eigenvalue weighted by atomic mass is 10.4. The van der Waals surface area contributed by atoms with Gasteiger partial charge in [-0.2, -0.15) is 4.98 Å². The Balaban J connectivity index is 2.80. The molecule has 0 radical (unpaired) electrons. The predicted molar refractivity (Wildman–Crippen MR) is 69.4 cm³/mol. The minimum absolute atomic E-state index is 0.0161. The Labute approximate surface area is 106 Å². The Kier molecular flexibility index (Phi) is 4.53. The van der Waals surface area contributed by atoms with Crippen LogP contribution in [-0.2, 0) is 9.84 Å². The third kappa shape index (κ3) is 4.74. The molecule has 6 nitrogen and oxygen atoms in total. The van der Waals surface area contributed by atoms with Crippen LogP contribution in [0.25, 0.3) is 0 Å². The van der Waals surface area contributed by atoms with Crippen molar-refractivity contribution in [1.82, 2.24) is 9.97 Å². The first kappa shape index (κ1) is 14.0.